The number of hydrogen-bond acceptors (Lipinski definition) is 4. The standard InChI is InChI=1S/C63H40N4O/c1-6-19-41(20-7-1)49-30-18-31-50(42-21-8-2-9-22-42)58(49)46-33-35-48(52(40-46)63-65-61(43-23-10-3-11-24-43)64-62(66-63)44-25-12-4-13-26-44)45-34-37-56-53(39-45)60-57(68-56)38-36-55-59(60)51-29-16-17-32-54(51)67(55)47-27-14-5-15-28-47/h1-40H. The van der Waals surface area contributed by atoms with Gasteiger partial charge in [-0.25, -0.2) is 15.0 Å². The van der Waals surface area contributed by atoms with Gasteiger partial charge in [-0.2, -0.15) is 0 Å². The largest absolute Gasteiger partial charge is 0.456 e. The third kappa shape index (κ3) is 6.68. The Labute approximate surface area is 392 Å². The van der Waals surface area contributed by atoms with Crippen LogP contribution >= 0.6 is 0 Å². The smallest absolute Gasteiger partial charge is 0.164 e. The van der Waals surface area contributed by atoms with Crippen molar-refractivity contribution in [3.63, 3.8) is 0 Å². The van der Waals surface area contributed by atoms with Crippen molar-refractivity contribution in [2.75, 3.05) is 0 Å². The number of furan rings is 1. The molecule has 68 heavy (non-hydrogen) atoms. The predicted molar refractivity (Wildman–Crippen MR) is 279 cm³/mol. The third-order valence-corrected chi connectivity index (χ3v) is 13.1. The molecule has 0 spiro atoms. The molecule has 0 aliphatic carbocycles. The van der Waals surface area contributed by atoms with Gasteiger partial charge in [0.25, 0.3) is 0 Å². The molecule has 3 aromatic heterocycles. The lowest BCUT2D eigenvalue weighted by Gasteiger charge is -2.19. The van der Waals surface area contributed by atoms with Crippen molar-refractivity contribution >= 4 is 43.7 Å². The van der Waals surface area contributed by atoms with Crippen LogP contribution in [-0.4, -0.2) is 19.5 Å². The van der Waals surface area contributed by atoms with Crippen molar-refractivity contribution in [3.05, 3.63) is 243 Å². The molecule has 0 fully saturated rings. The highest BCUT2D eigenvalue weighted by Crippen LogP contribution is 2.46. The SMILES string of the molecule is c1ccc(-c2nc(-c3ccccc3)nc(-c3cc(-c4c(-c5ccccc5)cccc4-c4ccccc4)ccc3-c3ccc4oc5ccc6c(c7ccccc7n6-c6ccccc6)c5c4c3)n2)cc1. The molecule has 3 heterocycles. The van der Waals surface area contributed by atoms with Gasteiger partial charge in [0.05, 0.1) is 11.0 Å². The van der Waals surface area contributed by atoms with Crippen LogP contribution in [0.4, 0.5) is 0 Å². The minimum Gasteiger partial charge on any atom is -0.456 e. The van der Waals surface area contributed by atoms with Crippen LogP contribution in [-0.2, 0) is 0 Å². The molecule has 0 saturated heterocycles. The van der Waals surface area contributed by atoms with E-state index in [4.69, 9.17) is 19.4 Å². The fraction of sp³-hybridized carbons (Fsp3) is 0. The summed E-state index contributed by atoms with van der Waals surface area (Å²) in [5.41, 5.74) is 16.5. The second-order valence-corrected chi connectivity index (χ2v) is 17.1. The lowest BCUT2D eigenvalue weighted by molar-refractivity contribution is 0.669. The Bertz CT molecular complexity index is 3880. The highest BCUT2D eigenvalue weighted by molar-refractivity contribution is 6.27. The zero-order valence-corrected chi connectivity index (χ0v) is 36.8. The van der Waals surface area contributed by atoms with Gasteiger partial charge >= 0.3 is 0 Å². The van der Waals surface area contributed by atoms with Crippen molar-refractivity contribution in [2.24, 2.45) is 0 Å². The van der Waals surface area contributed by atoms with E-state index in [0.29, 0.717) is 17.5 Å². The van der Waals surface area contributed by atoms with Crippen molar-refractivity contribution < 1.29 is 4.42 Å². The summed E-state index contributed by atoms with van der Waals surface area (Å²) in [6, 6.07) is 85.2. The number of para-hydroxylation sites is 2. The van der Waals surface area contributed by atoms with E-state index in [1.54, 1.807) is 0 Å². The maximum Gasteiger partial charge on any atom is 0.164 e. The second-order valence-electron chi connectivity index (χ2n) is 17.1. The van der Waals surface area contributed by atoms with Crippen LogP contribution in [0.2, 0.25) is 0 Å². The first-order chi connectivity index (χ1) is 33.7. The molecule has 13 rings (SSSR count). The van der Waals surface area contributed by atoms with Crippen molar-refractivity contribution in [2.45, 2.75) is 0 Å². The summed E-state index contributed by atoms with van der Waals surface area (Å²) in [6.07, 6.45) is 0. The summed E-state index contributed by atoms with van der Waals surface area (Å²) in [4.78, 5) is 15.8. The van der Waals surface area contributed by atoms with E-state index < -0.39 is 0 Å². The Morgan fingerprint density at radius 2 is 0.824 bits per heavy atom. The summed E-state index contributed by atoms with van der Waals surface area (Å²) in [5.74, 6) is 1.79. The van der Waals surface area contributed by atoms with E-state index in [-0.39, 0.29) is 0 Å². The number of nitrogens with zero attached hydrogens (tertiary/aromatic N) is 4. The number of aromatic nitrogens is 4. The van der Waals surface area contributed by atoms with Gasteiger partial charge < -0.3 is 8.98 Å². The summed E-state index contributed by atoms with van der Waals surface area (Å²) in [6.45, 7) is 0. The van der Waals surface area contributed by atoms with Gasteiger partial charge in [-0.15, -0.1) is 0 Å². The molecule has 10 aromatic carbocycles. The van der Waals surface area contributed by atoms with Gasteiger partial charge in [-0.05, 0) is 93.0 Å². The molecule has 5 heteroatoms. The van der Waals surface area contributed by atoms with Crippen LogP contribution in [0.25, 0.3) is 128 Å². The molecule has 0 unspecified atom stereocenters. The summed E-state index contributed by atoms with van der Waals surface area (Å²) in [7, 11) is 0. The van der Waals surface area contributed by atoms with Crippen molar-refractivity contribution in [1.29, 1.82) is 0 Å². The molecule has 0 bridgehead atoms. The Hall–Kier alpha value is -9.19. The molecule has 0 N–H and O–H groups in total. The van der Waals surface area contributed by atoms with E-state index in [9.17, 15) is 0 Å². The van der Waals surface area contributed by atoms with Crippen LogP contribution in [0.1, 0.15) is 0 Å². The number of rotatable bonds is 8. The van der Waals surface area contributed by atoms with Gasteiger partial charge in [-0.3, -0.25) is 0 Å². The number of hydrogen-bond donors (Lipinski definition) is 0. The Kier molecular flexibility index (Phi) is 9.43. The first-order valence-electron chi connectivity index (χ1n) is 22.9. The summed E-state index contributed by atoms with van der Waals surface area (Å²) in [5, 5.41) is 4.47. The van der Waals surface area contributed by atoms with Gasteiger partial charge in [0.2, 0.25) is 0 Å². The quantitative estimate of drug-likeness (QED) is 0.153. The van der Waals surface area contributed by atoms with E-state index in [2.05, 4.69) is 211 Å². The molecule has 318 valence electrons. The van der Waals surface area contributed by atoms with E-state index in [1.165, 1.54) is 5.39 Å². The average Bonchev–Trinajstić information content (AvgIpc) is 3.97. The highest BCUT2D eigenvalue weighted by Gasteiger charge is 2.23. The molecule has 0 radical (unpaired) electrons. The van der Waals surface area contributed by atoms with Gasteiger partial charge in [0, 0.05) is 43.9 Å². The molecule has 0 aliphatic rings. The van der Waals surface area contributed by atoms with E-state index in [0.717, 1.165) is 105 Å². The normalized spacial score (nSPS) is 11.5. The monoisotopic (exact) mass is 868 g/mol. The maximum atomic E-state index is 6.70. The summed E-state index contributed by atoms with van der Waals surface area (Å²) < 4.78 is 9.06. The molecule has 0 saturated carbocycles. The third-order valence-electron chi connectivity index (χ3n) is 13.1. The van der Waals surface area contributed by atoms with E-state index in [1.807, 2.05) is 36.4 Å². The Morgan fingerprint density at radius 1 is 0.294 bits per heavy atom. The van der Waals surface area contributed by atoms with E-state index >= 15 is 0 Å². The van der Waals surface area contributed by atoms with Crippen molar-refractivity contribution in [1.82, 2.24) is 19.5 Å². The molecule has 0 aliphatic heterocycles. The predicted octanol–water partition coefficient (Wildman–Crippen LogP) is 16.5. The fourth-order valence-corrected chi connectivity index (χ4v) is 9.99. The first kappa shape index (κ1) is 39.2. The molecule has 0 atom stereocenters. The van der Waals surface area contributed by atoms with Gasteiger partial charge in [0.1, 0.15) is 11.2 Å². The van der Waals surface area contributed by atoms with Crippen LogP contribution in [0, 0.1) is 0 Å². The Morgan fingerprint density at radius 3 is 1.46 bits per heavy atom. The van der Waals surface area contributed by atoms with Gasteiger partial charge in [0.15, 0.2) is 17.5 Å². The molecule has 0 amide bonds. The minimum absolute atomic E-state index is 0.582. The van der Waals surface area contributed by atoms with Crippen LogP contribution < -0.4 is 0 Å². The lowest BCUT2D eigenvalue weighted by atomic mass is 9.85. The van der Waals surface area contributed by atoms with Crippen LogP contribution in [0.15, 0.2) is 247 Å². The minimum atomic E-state index is 0.582. The maximum absolute atomic E-state index is 6.70. The summed E-state index contributed by atoms with van der Waals surface area (Å²) >= 11 is 0. The van der Waals surface area contributed by atoms with Crippen molar-refractivity contribution in [3.8, 4) is 84.4 Å². The molecular weight excluding hydrogens is 829 g/mol. The number of benzene rings is 10. The average molecular weight is 869 g/mol. The topological polar surface area (TPSA) is 56.7 Å². The molecule has 5 nitrogen and oxygen atoms in total. The molecular formula is C63H40N4O. The zero-order valence-electron chi connectivity index (χ0n) is 36.8. The Balaban J connectivity index is 1.10. The van der Waals surface area contributed by atoms with Gasteiger partial charge in [-0.1, -0.05) is 194 Å². The lowest BCUT2D eigenvalue weighted by Crippen LogP contribution is -2.01. The first-order valence-corrected chi connectivity index (χ1v) is 22.9. The van der Waals surface area contributed by atoms with Crippen LogP contribution in [0.5, 0.6) is 0 Å². The fourth-order valence-electron chi connectivity index (χ4n) is 9.99. The zero-order chi connectivity index (χ0) is 45.0. The van der Waals surface area contributed by atoms with Crippen LogP contribution in [0.3, 0.4) is 0 Å². The second kappa shape index (κ2) is 16.4. The number of fused-ring (bicyclic) bond motifs is 7. The highest BCUT2D eigenvalue weighted by atomic mass is 16.3. The molecule has 13 aromatic rings.